The first-order valence-electron chi connectivity index (χ1n) is 7.97. The molecule has 1 aromatic rings. The van der Waals surface area contributed by atoms with Crippen LogP contribution in [0.3, 0.4) is 0 Å². The molecule has 25 heavy (non-hydrogen) atoms. The highest BCUT2D eigenvalue weighted by molar-refractivity contribution is 5.99. The molecule has 0 aromatic heterocycles. The second-order valence-electron chi connectivity index (χ2n) is 5.87. The van der Waals surface area contributed by atoms with Gasteiger partial charge in [-0.2, -0.15) is 0 Å². The number of urea groups is 1. The van der Waals surface area contributed by atoms with Crippen molar-refractivity contribution in [2.45, 2.75) is 32.9 Å². The summed E-state index contributed by atoms with van der Waals surface area (Å²) >= 11 is 0. The zero-order valence-corrected chi connectivity index (χ0v) is 14.4. The van der Waals surface area contributed by atoms with E-state index in [1.807, 2.05) is 13.0 Å². The van der Waals surface area contributed by atoms with E-state index in [0.717, 1.165) is 10.5 Å². The van der Waals surface area contributed by atoms with Gasteiger partial charge >= 0.3 is 12.0 Å². The Labute approximate surface area is 145 Å². The van der Waals surface area contributed by atoms with Crippen molar-refractivity contribution in [1.29, 1.82) is 0 Å². The van der Waals surface area contributed by atoms with Crippen molar-refractivity contribution in [2.75, 3.05) is 13.1 Å². The minimum absolute atomic E-state index is 0.235. The molecule has 0 spiro atoms. The van der Waals surface area contributed by atoms with E-state index < -0.39 is 36.0 Å². The lowest BCUT2D eigenvalue weighted by molar-refractivity contribution is -0.158. The summed E-state index contributed by atoms with van der Waals surface area (Å²) in [5.74, 6) is -1.76. The molecule has 2 rings (SSSR count). The average Bonchev–Trinajstić information content (AvgIpc) is 2.99. The van der Waals surface area contributed by atoms with Gasteiger partial charge in [-0.25, -0.2) is 9.59 Å². The normalized spacial score (nSPS) is 16.0. The number of rotatable bonds is 5. The Morgan fingerprint density at radius 3 is 2.60 bits per heavy atom. The Balaban J connectivity index is 1.90. The maximum absolute atomic E-state index is 12.1. The molecular formula is C17H21N3O5. The van der Waals surface area contributed by atoms with Gasteiger partial charge < -0.3 is 15.4 Å². The minimum atomic E-state index is -1.12. The third-order valence-corrected chi connectivity index (χ3v) is 3.74. The van der Waals surface area contributed by atoms with Gasteiger partial charge in [0.25, 0.3) is 11.8 Å². The number of hydrogen-bond acceptors (Lipinski definition) is 5. The van der Waals surface area contributed by atoms with E-state index in [2.05, 4.69) is 10.6 Å². The molecule has 0 bridgehead atoms. The van der Waals surface area contributed by atoms with Crippen LogP contribution in [-0.4, -0.2) is 54.0 Å². The van der Waals surface area contributed by atoms with Crippen molar-refractivity contribution in [3.05, 3.63) is 35.4 Å². The summed E-state index contributed by atoms with van der Waals surface area (Å²) in [4.78, 5) is 48.8. The van der Waals surface area contributed by atoms with E-state index in [1.54, 1.807) is 18.2 Å². The second kappa shape index (κ2) is 7.78. The molecule has 8 nitrogen and oxygen atoms in total. The Morgan fingerprint density at radius 1 is 1.28 bits per heavy atom. The van der Waals surface area contributed by atoms with Crippen molar-refractivity contribution in [3.63, 3.8) is 0 Å². The molecule has 0 radical (unpaired) electrons. The van der Waals surface area contributed by atoms with Crippen molar-refractivity contribution in [2.24, 2.45) is 0 Å². The first-order chi connectivity index (χ1) is 11.8. The lowest BCUT2D eigenvalue weighted by atomic mass is 10.1. The Hall–Kier alpha value is -2.90. The van der Waals surface area contributed by atoms with Crippen LogP contribution in [0, 0.1) is 6.92 Å². The number of carbonyl (C=O) groups is 4. The standard InChI is InChI=1S/C17H21N3O5/c1-10-5-4-6-13(9-10)14(21)19-11(2)16(23)25-12(3)15(22)20-8-7-18-17(20)24/h4-6,9,11-12H,7-8H2,1-3H3,(H,18,24)(H,19,21)/t11-,12+/m0/s1. The van der Waals surface area contributed by atoms with Crippen LogP contribution < -0.4 is 10.6 Å². The molecule has 1 aliphatic heterocycles. The fourth-order valence-electron chi connectivity index (χ4n) is 2.35. The summed E-state index contributed by atoms with van der Waals surface area (Å²) in [5, 5.41) is 5.03. The fourth-order valence-corrected chi connectivity index (χ4v) is 2.35. The highest BCUT2D eigenvalue weighted by atomic mass is 16.5. The summed E-state index contributed by atoms with van der Waals surface area (Å²) in [6.45, 7) is 5.32. The van der Waals surface area contributed by atoms with Crippen molar-refractivity contribution in [3.8, 4) is 0 Å². The lowest BCUT2D eigenvalue weighted by Crippen LogP contribution is -2.45. The maximum Gasteiger partial charge on any atom is 0.329 e. The van der Waals surface area contributed by atoms with Gasteiger partial charge in [-0.1, -0.05) is 17.7 Å². The smallest absolute Gasteiger partial charge is 0.329 e. The van der Waals surface area contributed by atoms with Crippen LogP contribution >= 0.6 is 0 Å². The highest BCUT2D eigenvalue weighted by Gasteiger charge is 2.32. The molecule has 1 aliphatic rings. The monoisotopic (exact) mass is 347 g/mol. The average molecular weight is 347 g/mol. The SMILES string of the molecule is Cc1cccc(C(=O)N[C@@H](C)C(=O)O[C@H](C)C(=O)N2CCNC2=O)c1. The first-order valence-corrected chi connectivity index (χ1v) is 7.97. The molecule has 1 heterocycles. The quantitative estimate of drug-likeness (QED) is 0.759. The van der Waals surface area contributed by atoms with Crippen LogP contribution in [0.15, 0.2) is 24.3 Å². The molecule has 1 saturated heterocycles. The summed E-state index contributed by atoms with van der Waals surface area (Å²) < 4.78 is 5.07. The number of carbonyl (C=O) groups excluding carboxylic acids is 4. The van der Waals surface area contributed by atoms with Crippen molar-refractivity contribution in [1.82, 2.24) is 15.5 Å². The van der Waals surface area contributed by atoms with Crippen LogP contribution in [-0.2, 0) is 14.3 Å². The predicted molar refractivity (Wildman–Crippen MR) is 88.8 cm³/mol. The molecular weight excluding hydrogens is 326 g/mol. The topological polar surface area (TPSA) is 105 Å². The van der Waals surface area contributed by atoms with E-state index >= 15 is 0 Å². The Kier molecular flexibility index (Phi) is 5.74. The van der Waals surface area contributed by atoms with E-state index in [-0.39, 0.29) is 6.54 Å². The summed E-state index contributed by atoms with van der Waals surface area (Å²) in [5.41, 5.74) is 1.35. The van der Waals surface area contributed by atoms with Crippen molar-refractivity contribution >= 4 is 23.8 Å². The molecule has 8 heteroatoms. The molecule has 1 fully saturated rings. The predicted octanol–water partition coefficient (Wildman–Crippen LogP) is 0.597. The number of hydrogen-bond donors (Lipinski definition) is 2. The molecule has 0 aliphatic carbocycles. The first kappa shape index (κ1) is 18.4. The third kappa shape index (κ3) is 4.56. The number of nitrogens with one attached hydrogen (secondary N) is 2. The van der Waals surface area contributed by atoms with Gasteiger partial charge in [0, 0.05) is 18.7 Å². The Bertz CT molecular complexity index is 703. The van der Waals surface area contributed by atoms with Gasteiger partial charge in [-0.15, -0.1) is 0 Å². The molecule has 134 valence electrons. The van der Waals surface area contributed by atoms with Crippen LogP contribution in [0.1, 0.15) is 29.8 Å². The number of benzene rings is 1. The van der Waals surface area contributed by atoms with Gasteiger partial charge in [0.15, 0.2) is 6.10 Å². The van der Waals surface area contributed by atoms with Gasteiger partial charge in [0.2, 0.25) is 0 Å². The fraction of sp³-hybridized carbons (Fsp3) is 0.412. The number of amides is 4. The van der Waals surface area contributed by atoms with E-state index in [0.29, 0.717) is 12.1 Å². The van der Waals surface area contributed by atoms with E-state index in [4.69, 9.17) is 4.74 Å². The van der Waals surface area contributed by atoms with Gasteiger partial charge in [0.1, 0.15) is 6.04 Å². The zero-order valence-electron chi connectivity index (χ0n) is 14.4. The van der Waals surface area contributed by atoms with Gasteiger partial charge in [-0.05, 0) is 32.9 Å². The summed E-state index contributed by atoms with van der Waals surface area (Å²) in [6, 6.07) is 5.50. The summed E-state index contributed by atoms with van der Waals surface area (Å²) in [7, 11) is 0. The van der Waals surface area contributed by atoms with Crippen LogP contribution in [0.4, 0.5) is 4.79 Å². The third-order valence-electron chi connectivity index (χ3n) is 3.74. The van der Waals surface area contributed by atoms with Gasteiger partial charge in [0.05, 0.1) is 0 Å². The zero-order chi connectivity index (χ0) is 18.6. The van der Waals surface area contributed by atoms with E-state index in [9.17, 15) is 19.2 Å². The highest BCUT2D eigenvalue weighted by Crippen LogP contribution is 2.07. The molecule has 2 N–H and O–H groups in total. The van der Waals surface area contributed by atoms with Crippen molar-refractivity contribution < 1.29 is 23.9 Å². The molecule has 2 atom stereocenters. The molecule has 0 unspecified atom stereocenters. The number of aryl methyl sites for hydroxylation is 1. The Morgan fingerprint density at radius 2 is 2.00 bits per heavy atom. The lowest BCUT2D eigenvalue weighted by Gasteiger charge is -2.20. The summed E-state index contributed by atoms with van der Waals surface area (Å²) in [6.07, 6.45) is -1.12. The number of imide groups is 1. The van der Waals surface area contributed by atoms with Crippen LogP contribution in [0.2, 0.25) is 0 Å². The molecule has 0 saturated carbocycles. The number of ether oxygens (including phenoxy) is 1. The van der Waals surface area contributed by atoms with Crippen LogP contribution in [0.25, 0.3) is 0 Å². The molecule has 4 amide bonds. The number of nitrogens with zero attached hydrogens (tertiary/aromatic N) is 1. The second-order valence-corrected chi connectivity index (χ2v) is 5.87. The maximum atomic E-state index is 12.1. The largest absolute Gasteiger partial charge is 0.451 e. The van der Waals surface area contributed by atoms with Crippen LogP contribution in [0.5, 0.6) is 0 Å². The van der Waals surface area contributed by atoms with Gasteiger partial charge in [-0.3, -0.25) is 14.5 Å². The minimum Gasteiger partial charge on any atom is -0.451 e. The number of esters is 1. The van der Waals surface area contributed by atoms with E-state index in [1.165, 1.54) is 13.8 Å². The molecule has 1 aromatic carbocycles.